The van der Waals surface area contributed by atoms with E-state index in [1.165, 1.54) is 0 Å². The predicted molar refractivity (Wildman–Crippen MR) is 98.1 cm³/mol. The normalized spacial score (nSPS) is 11.6. The summed E-state index contributed by atoms with van der Waals surface area (Å²) < 4.78 is 5.10. The van der Waals surface area contributed by atoms with Crippen molar-refractivity contribution in [1.29, 1.82) is 0 Å². The van der Waals surface area contributed by atoms with Gasteiger partial charge in [0, 0.05) is 6.42 Å². The number of esters is 1. The van der Waals surface area contributed by atoms with E-state index in [9.17, 15) is 9.59 Å². The van der Waals surface area contributed by atoms with Crippen molar-refractivity contribution in [2.24, 2.45) is 0 Å². The zero-order valence-corrected chi connectivity index (χ0v) is 14.6. The minimum absolute atomic E-state index is 0.130. The van der Waals surface area contributed by atoms with Crippen molar-refractivity contribution in [3.63, 3.8) is 0 Å². The summed E-state index contributed by atoms with van der Waals surface area (Å²) in [5.41, 5.74) is 2.24. The number of carbonyl (C=O) groups excluding carboxylic acids is 2. The molecule has 25 heavy (non-hydrogen) atoms. The molecule has 1 N–H and O–H groups in total. The fraction of sp³-hybridized carbons (Fsp3) is 0.333. The first kappa shape index (κ1) is 18.7. The maximum absolute atomic E-state index is 12.2. The summed E-state index contributed by atoms with van der Waals surface area (Å²) in [5.74, 6) is -0.499. The lowest BCUT2D eigenvalue weighted by molar-refractivity contribution is -0.147. The Morgan fingerprint density at radius 1 is 0.920 bits per heavy atom. The molecule has 0 bridgehead atoms. The van der Waals surface area contributed by atoms with Crippen LogP contribution in [0.2, 0.25) is 0 Å². The lowest BCUT2D eigenvalue weighted by Gasteiger charge is -2.17. The molecule has 0 aliphatic heterocycles. The molecule has 132 valence electrons. The predicted octanol–water partition coefficient (Wildman–Crippen LogP) is 3.30. The first-order valence-electron chi connectivity index (χ1n) is 8.73. The van der Waals surface area contributed by atoms with Crippen molar-refractivity contribution < 1.29 is 14.3 Å². The number of carbonyl (C=O) groups is 2. The van der Waals surface area contributed by atoms with Crippen LogP contribution in [-0.4, -0.2) is 24.5 Å². The fourth-order valence-electron chi connectivity index (χ4n) is 2.62. The third-order valence-electron chi connectivity index (χ3n) is 3.95. The molecule has 0 aromatic heterocycles. The maximum atomic E-state index is 12.2. The van der Waals surface area contributed by atoms with Crippen molar-refractivity contribution in [2.75, 3.05) is 6.61 Å². The van der Waals surface area contributed by atoms with Gasteiger partial charge in [-0.1, -0.05) is 60.7 Å². The van der Waals surface area contributed by atoms with Crippen molar-refractivity contribution in [3.05, 3.63) is 71.8 Å². The van der Waals surface area contributed by atoms with Crippen LogP contribution in [0, 0.1) is 0 Å². The number of hydrogen-bond donors (Lipinski definition) is 1. The maximum Gasteiger partial charge on any atom is 0.328 e. The molecule has 2 rings (SSSR count). The van der Waals surface area contributed by atoms with Gasteiger partial charge < -0.3 is 10.1 Å². The van der Waals surface area contributed by atoms with E-state index in [0.717, 1.165) is 11.1 Å². The van der Waals surface area contributed by atoms with E-state index < -0.39 is 6.04 Å². The zero-order chi connectivity index (χ0) is 17.9. The number of benzene rings is 2. The highest BCUT2D eigenvalue weighted by Gasteiger charge is 2.21. The largest absolute Gasteiger partial charge is 0.464 e. The van der Waals surface area contributed by atoms with E-state index in [4.69, 9.17) is 4.74 Å². The van der Waals surface area contributed by atoms with Crippen LogP contribution < -0.4 is 5.32 Å². The third-order valence-corrected chi connectivity index (χ3v) is 3.95. The van der Waals surface area contributed by atoms with Gasteiger partial charge in [-0.15, -0.1) is 0 Å². The topological polar surface area (TPSA) is 55.4 Å². The molecule has 0 aliphatic carbocycles. The van der Waals surface area contributed by atoms with Crippen LogP contribution in [0.1, 0.15) is 30.9 Å². The second-order valence-corrected chi connectivity index (χ2v) is 5.88. The Hall–Kier alpha value is -2.62. The minimum atomic E-state index is -0.608. The van der Waals surface area contributed by atoms with Crippen molar-refractivity contribution in [1.82, 2.24) is 5.32 Å². The number of ether oxygens (including phenoxy) is 1. The fourth-order valence-corrected chi connectivity index (χ4v) is 2.62. The van der Waals surface area contributed by atoms with Gasteiger partial charge in [0.25, 0.3) is 0 Å². The zero-order valence-electron chi connectivity index (χ0n) is 14.6. The number of nitrogens with one attached hydrogen (secondary N) is 1. The first-order chi connectivity index (χ1) is 12.2. The van der Waals surface area contributed by atoms with Gasteiger partial charge in [0.1, 0.15) is 6.04 Å². The summed E-state index contributed by atoms with van der Waals surface area (Å²) in [6, 6.07) is 19.1. The van der Waals surface area contributed by atoms with Gasteiger partial charge >= 0.3 is 5.97 Å². The Balaban J connectivity index is 1.88. The molecule has 0 aliphatic rings. The van der Waals surface area contributed by atoms with Gasteiger partial charge in [-0.2, -0.15) is 0 Å². The average molecular weight is 339 g/mol. The molecule has 0 spiro atoms. The van der Waals surface area contributed by atoms with Gasteiger partial charge in [0.05, 0.1) is 6.61 Å². The van der Waals surface area contributed by atoms with Crippen LogP contribution >= 0.6 is 0 Å². The third kappa shape index (κ3) is 6.79. The summed E-state index contributed by atoms with van der Waals surface area (Å²) in [5, 5.41) is 2.83. The van der Waals surface area contributed by atoms with Crippen LogP contribution in [-0.2, 0) is 27.2 Å². The van der Waals surface area contributed by atoms with Crippen LogP contribution in [0.3, 0.4) is 0 Å². The first-order valence-corrected chi connectivity index (χ1v) is 8.73. The van der Waals surface area contributed by atoms with E-state index in [0.29, 0.717) is 32.3 Å². The Morgan fingerprint density at radius 2 is 1.48 bits per heavy atom. The number of hydrogen-bond acceptors (Lipinski definition) is 3. The molecular weight excluding hydrogens is 314 g/mol. The highest BCUT2D eigenvalue weighted by Crippen LogP contribution is 2.08. The van der Waals surface area contributed by atoms with Crippen molar-refractivity contribution in [3.8, 4) is 0 Å². The summed E-state index contributed by atoms with van der Waals surface area (Å²) in [6.07, 6.45) is 2.25. The minimum Gasteiger partial charge on any atom is -0.464 e. The van der Waals surface area contributed by atoms with Gasteiger partial charge in [-0.25, -0.2) is 4.79 Å². The molecule has 4 nitrogen and oxygen atoms in total. The second-order valence-electron chi connectivity index (χ2n) is 5.88. The van der Waals surface area contributed by atoms with E-state index in [2.05, 4.69) is 5.32 Å². The molecule has 0 heterocycles. The molecule has 2 aromatic carbocycles. The lowest BCUT2D eigenvalue weighted by Crippen LogP contribution is -2.42. The van der Waals surface area contributed by atoms with Crippen LogP contribution in [0.4, 0.5) is 0 Å². The molecule has 0 saturated heterocycles. The summed E-state index contributed by atoms with van der Waals surface area (Å²) in [6.45, 7) is 2.07. The van der Waals surface area contributed by atoms with Crippen LogP contribution in [0.5, 0.6) is 0 Å². The molecule has 2 aromatic rings. The van der Waals surface area contributed by atoms with Crippen molar-refractivity contribution >= 4 is 11.9 Å². The summed E-state index contributed by atoms with van der Waals surface area (Å²) >= 11 is 0. The summed E-state index contributed by atoms with van der Waals surface area (Å²) in [7, 11) is 0. The van der Waals surface area contributed by atoms with Crippen molar-refractivity contribution in [2.45, 2.75) is 38.6 Å². The van der Waals surface area contributed by atoms with E-state index >= 15 is 0 Å². The molecular formula is C21H25NO3. The molecule has 0 unspecified atom stereocenters. The van der Waals surface area contributed by atoms with E-state index in [-0.39, 0.29) is 11.9 Å². The molecule has 0 fully saturated rings. The summed E-state index contributed by atoms with van der Waals surface area (Å²) in [4.78, 5) is 24.4. The van der Waals surface area contributed by atoms with Gasteiger partial charge in [-0.05, 0) is 37.3 Å². The molecule has 0 radical (unpaired) electrons. The standard InChI is InChI=1S/C21H25NO3/c1-2-25-21(24)19(15-13-17-9-5-3-6-10-17)22-20(23)16-14-18-11-7-4-8-12-18/h3-12,19H,2,13-16H2,1H3,(H,22,23)/t19-/m0/s1. The van der Waals surface area contributed by atoms with Gasteiger partial charge in [0.2, 0.25) is 5.91 Å². The molecule has 4 heteroatoms. The Kier molecular flexibility index (Phi) is 7.70. The second kappa shape index (κ2) is 10.3. The highest BCUT2D eigenvalue weighted by molar-refractivity contribution is 5.84. The average Bonchev–Trinajstić information content (AvgIpc) is 2.65. The van der Waals surface area contributed by atoms with Gasteiger partial charge in [-0.3, -0.25) is 4.79 Å². The van der Waals surface area contributed by atoms with Crippen LogP contribution in [0.25, 0.3) is 0 Å². The Labute approximate surface area is 149 Å². The Bertz CT molecular complexity index is 655. The van der Waals surface area contributed by atoms with E-state index in [1.807, 2.05) is 60.7 Å². The quantitative estimate of drug-likeness (QED) is 0.713. The smallest absolute Gasteiger partial charge is 0.328 e. The molecule has 0 saturated carbocycles. The highest BCUT2D eigenvalue weighted by atomic mass is 16.5. The van der Waals surface area contributed by atoms with Crippen LogP contribution in [0.15, 0.2) is 60.7 Å². The number of rotatable bonds is 9. The number of amides is 1. The monoisotopic (exact) mass is 339 g/mol. The molecule has 1 amide bonds. The SMILES string of the molecule is CCOC(=O)[C@H](CCc1ccccc1)NC(=O)CCc1ccccc1. The Morgan fingerprint density at radius 3 is 2.04 bits per heavy atom. The van der Waals surface area contributed by atoms with E-state index in [1.54, 1.807) is 6.92 Å². The molecule has 1 atom stereocenters. The number of aryl methyl sites for hydroxylation is 2. The van der Waals surface area contributed by atoms with Gasteiger partial charge in [0.15, 0.2) is 0 Å². The lowest BCUT2D eigenvalue weighted by atomic mass is 10.0.